The minimum atomic E-state index is -1.35. The molecule has 5 nitrogen and oxygen atoms in total. The van der Waals surface area contributed by atoms with Crippen LogP contribution in [0.5, 0.6) is 5.75 Å². The van der Waals surface area contributed by atoms with Crippen molar-refractivity contribution < 1.29 is 23.8 Å². The molecule has 0 saturated carbocycles. The number of carbonyl (C=O) groups is 2. The number of hydrogen-bond donors (Lipinski definition) is 2. The highest BCUT2D eigenvalue weighted by molar-refractivity contribution is 5.89. The Kier molecular flexibility index (Phi) is 5.97. The van der Waals surface area contributed by atoms with Gasteiger partial charge in [0.2, 0.25) is 5.91 Å². The summed E-state index contributed by atoms with van der Waals surface area (Å²) in [5.74, 6) is -1.91. The molecule has 26 heavy (non-hydrogen) atoms. The number of hydrogen-bond acceptors (Lipinski definition) is 3. The third-order valence-electron chi connectivity index (χ3n) is 4.45. The zero-order chi connectivity index (χ0) is 19.3. The Morgan fingerprint density at radius 3 is 2.42 bits per heavy atom. The number of ether oxygens (including phenoxy) is 1. The SMILES string of the molecule is COc1ccc([C@H](C)NC(=O)C[C@@](C)(C(=O)O)c2ccccc2)cc1F. The highest BCUT2D eigenvalue weighted by Crippen LogP contribution is 2.29. The Morgan fingerprint density at radius 1 is 1.23 bits per heavy atom. The number of methoxy groups -OCH3 is 1. The van der Waals surface area contributed by atoms with Gasteiger partial charge < -0.3 is 15.2 Å². The van der Waals surface area contributed by atoms with Gasteiger partial charge in [0.25, 0.3) is 0 Å². The first kappa shape index (κ1) is 19.4. The quantitative estimate of drug-likeness (QED) is 0.794. The molecule has 0 bridgehead atoms. The van der Waals surface area contributed by atoms with Crippen LogP contribution in [-0.4, -0.2) is 24.1 Å². The Morgan fingerprint density at radius 2 is 1.88 bits per heavy atom. The second-order valence-corrected chi connectivity index (χ2v) is 6.36. The van der Waals surface area contributed by atoms with E-state index in [1.54, 1.807) is 43.3 Å². The van der Waals surface area contributed by atoms with E-state index in [-0.39, 0.29) is 12.2 Å². The maximum absolute atomic E-state index is 13.8. The van der Waals surface area contributed by atoms with Crippen LogP contribution in [0.15, 0.2) is 48.5 Å². The smallest absolute Gasteiger partial charge is 0.314 e. The highest BCUT2D eigenvalue weighted by Gasteiger charge is 2.37. The summed E-state index contributed by atoms with van der Waals surface area (Å²) < 4.78 is 18.7. The zero-order valence-electron chi connectivity index (χ0n) is 15.0. The second-order valence-electron chi connectivity index (χ2n) is 6.36. The summed E-state index contributed by atoms with van der Waals surface area (Å²) in [5.41, 5.74) is -0.241. The fourth-order valence-corrected chi connectivity index (χ4v) is 2.76. The van der Waals surface area contributed by atoms with Gasteiger partial charge in [-0.25, -0.2) is 4.39 Å². The summed E-state index contributed by atoms with van der Waals surface area (Å²) in [7, 11) is 1.37. The molecule has 0 saturated heterocycles. The predicted octanol–water partition coefficient (Wildman–Crippen LogP) is 3.44. The van der Waals surface area contributed by atoms with Crippen LogP contribution in [0, 0.1) is 5.82 Å². The number of aliphatic carboxylic acids is 1. The molecule has 0 radical (unpaired) electrons. The molecule has 2 N–H and O–H groups in total. The molecule has 2 aromatic rings. The highest BCUT2D eigenvalue weighted by atomic mass is 19.1. The molecule has 2 atom stereocenters. The molecule has 0 aliphatic rings. The number of halogens is 1. The van der Waals surface area contributed by atoms with Gasteiger partial charge in [0.1, 0.15) is 0 Å². The zero-order valence-corrected chi connectivity index (χ0v) is 15.0. The molecule has 0 spiro atoms. The minimum Gasteiger partial charge on any atom is -0.494 e. The lowest BCUT2D eigenvalue weighted by molar-refractivity contribution is -0.145. The van der Waals surface area contributed by atoms with Crippen LogP contribution in [0.3, 0.4) is 0 Å². The van der Waals surface area contributed by atoms with Crippen molar-refractivity contribution in [3.05, 3.63) is 65.5 Å². The Balaban J connectivity index is 2.13. The van der Waals surface area contributed by atoms with E-state index in [4.69, 9.17) is 4.74 Å². The molecule has 0 aliphatic carbocycles. The molecular formula is C20H22FNO4. The van der Waals surface area contributed by atoms with Crippen LogP contribution >= 0.6 is 0 Å². The van der Waals surface area contributed by atoms with Gasteiger partial charge in [-0.3, -0.25) is 9.59 Å². The van der Waals surface area contributed by atoms with Crippen LogP contribution in [-0.2, 0) is 15.0 Å². The van der Waals surface area contributed by atoms with Crippen LogP contribution in [0.2, 0.25) is 0 Å². The number of rotatable bonds is 7. The molecule has 0 aromatic heterocycles. The van der Waals surface area contributed by atoms with E-state index < -0.39 is 29.2 Å². The summed E-state index contributed by atoms with van der Waals surface area (Å²) in [6.07, 6.45) is -0.227. The van der Waals surface area contributed by atoms with Gasteiger partial charge in [-0.15, -0.1) is 0 Å². The third kappa shape index (κ3) is 4.20. The Hall–Kier alpha value is -2.89. The Labute approximate surface area is 151 Å². The molecule has 0 unspecified atom stereocenters. The summed E-state index contributed by atoms with van der Waals surface area (Å²) >= 11 is 0. The number of benzene rings is 2. The molecule has 0 heterocycles. The average molecular weight is 359 g/mol. The van der Waals surface area contributed by atoms with Gasteiger partial charge >= 0.3 is 5.97 Å². The van der Waals surface area contributed by atoms with Crippen molar-refractivity contribution in [1.82, 2.24) is 5.32 Å². The summed E-state index contributed by atoms with van der Waals surface area (Å²) in [5, 5.41) is 12.4. The van der Waals surface area contributed by atoms with Gasteiger partial charge in [0.15, 0.2) is 11.6 Å². The number of carbonyl (C=O) groups excluding carboxylic acids is 1. The lowest BCUT2D eigenvalue weighted by Crippen LogP contribution is -2.39. The maximum atomic E-state index is 13.8. The van der Waals surface area contributed by atoms with E-state index in [2.05, 4.69) is 5.32 Å². The topological polar surface area (TPSA) is 75.6 Å². The normalized spacial score (nSPS) is 14.2. The van der Waals surface area contributed by atoms with Crippen molar-refractivity contribution in [2.75, 3.05) is 7.11 Å². The largest absolute Gasteiger partial charge is 0.494 e. The summed E-state index contributed by atoms with van der Waals surface area (Å²) in [6.45, 7) is 3.22. The number of carboxylic acids is 1. The molecule has 138 valence electrons. The van der Waals surface area contributed by atoms with E-state index in [0.717, 1.165) is 0 Å². The first-order chi connectivity index (χ1) is 12.3. The monoisotopic (exact) mass is 359 g/mol. The van der Waals surface area contributed by atoms with E-state index in [0.29, 0.717) is 11.1 Å². The fraction of sp³-hybridized carbons (Fsp3) is 0.300. The number of carboxylic acid groups (broad SMARTS) is 1. The minimum absolute atomic E-state index is 0.120. The average Bonchev–Trinajstić information content (AvgIpc) is 2.61. The first-order valence-electron chi connectivity index (χ1n) is 8.19. The van der Waals surface area contributed by atoms with Crippen LogP contribution < -0.4 is 10.1 Å². The van der Waals surface area contributed by atoms with Gasteiger partial charge in [-0.2, -0.15) is 0 Å². The standard InChI is InChI=1S/C20H22FNO4/c1-13(14-9-10-17(26-3)16(21)11-14)22-18(23)12-20(2,19(24)25)15-7-5-4-6-8-15/h4-11,13H,12H2,1-3H3,(H,22,23)(H,24,25)/t13-,20+/m0/s1. The number of amides is 1. The lowest BCUT2D eigenvalue weighted by Gasteiger charge is -2.26. The predicted molar refractivity (Wildman–Crippen MR) is 95.6 cm³/mol. The van der Waals surface area contributed by atoms with Crippen molar-refractivity contribution >= 4 is 11.9 Å². The van der Waals surface area contributed by atoms with E-state index >= 15 is 0 Å². The number of nitrogens with one attached hydrogen (secondary N) is 1. The molecule has 0 aliphatic heterocycles. The molecule has 0 fully saturated rings. The van der Waals surface area contributed by atoms with Crippen molar-refractivity contribution in [2.24, 2.45) is 0 Å². The van der Waals surface area contributed by atoms with Crippen molar-refractivity contribution in [3.63, 3.8) is 0 Å². The van der Waals surface area contributed by atoms with Crippen molar-refractivity contribution in [3.8, 4) is 5.75 Å². The second kappa shape index (κ2) is 7.99. The van der Waals surface area contributed by atoms with E-state index in [9.17, 15) is 19.1 Å². The van der Waals surface area contributed by atoms with Gasteiger partial charge in [-0.1, -0.05) is 36.4 Å². The summed E-state index contributed by atoms with van der Waals surface area (Å²) in [4.78, 5) is 24.2. The molecular weight excluding hydrogens is 337 g/mol. The van der Waals surface area contributed by atoms with E-state index in [1.165, 1.54) is 26.2 Å². The molecule has 2 aromatic carbocycles. The van der Waals surface area contributed by atoms with Crippen LogP contribution in [0.25, 0.3) is 0 Å². The third-order valence-corrected chi connectivity index (χ3v) is 4.45. The van der Waals surface area contributed by atoms with E-state index in [1.807, 2.05) is 0 Å². The van der Waals surface area contributed by atoms with Gasteiger partial charge in [-0.05, 0) is 37.1 Å². The van der Waals surface area contributed by atoms with Crippen LogP contribution in [0.1, 0.15) is 37.4 Å². The van der Waals surface area contributed by atoms with Gasteiger partial charge in [0.05, 0.1) is 18.6 Å². The van der Waals surface area contributed by atoms with Gasteiger partial charge in [0, 0.05) is 6.42 Å². The first-order valence-corrected chi connectivity index (χ1v) is 8.19. The van der Waals surface area contributed by atoms with Crippen LogP contribution in [0.4, 0.5) is 4.39 Å². The van der Waals surface area contributed by atoms with Crippen molar-refractivity contribution in [2.45, 2.75) is 31.7 Å². The maximum Gasteiger partial charge on any atom is 0.314 e. The lowest BCUT2D eigenvalue weighted by atomic mass is 9.79. The van der Waals surface area contributed by atoms with Crippen molar-refractivity contribution in [1.29, 1.82) is 0 Å². The Bertz CT molecular complexity index is 794. The fourth-order valence-electron chi connectivity index (χ4n) is 2.76. The molecule has 6 heteroatoms. The molecule has 1 amide bonds. The molecule has 2 rings (SSSR count). The summed E-state index contributed by atoms with van der Waals surface area (Å²) in [6, 6.07) is 12.6.